The summed E-state index contributed by atoms with van der Waals surface area (Å²) in [5.41, 5.74) is 16.3. The van der Waals surface area contributed by atoms with Crippen molar-refractivity contribution >= 4 is 35.6 Å². The maximum atomic E-state index is 12.8. The molecule has 0 fully saturated rings. The molecule has 0 heterocycles. The second-order valence-corrected chi connectivity index (χ2v) is 7.53. The summed E-state index contributed by atoms with van der Waals surface area (Å²) in [6.07, 6.45) is -0.0345. The fourth-order valence-electron chi connectivity index (χ4n) is 2.74. The van der Waals surface area contributed by atoms with Gasteiger partial charge in [-0.25, -0.2) is 4.79 Å². The molecule has 0 aromatic heterocycles. The van der Waals surface area contributed by atoms with Crippen LogP contribution in [0.4, 0.5) is 0 Å². The first-order chi connectivity index (χ1) is 15.9. The molecular weight excluding hydrogens is 456 g/mol. The van der Waals surface area contributed by atoms with Gasteiger partial charge in [-0.3, -0.25) is 24.0 Å². The number of hydrogen-bond donors (Lipinski definition) is 9. The van der Waals surface area contributed by atoms with Crippen LogP contribution < -0.4 is 33.2 Å². The quantitative estimate of drug-likeness (QED) is 0.0837. The molecule has 0 aromatic carbocycles. The van der Waals surface area contributed by atoms with Crippen LogP contribution in [0.15, 0.2) is 0 Å². The van der Waals surface area contributed by atoms with Gasteiger partial charge in [0.2, 0.25) is 23.6 Å². The number of carboxylic acids is 2. The number of aliphatic carboxylic acids is 2. The van der Waals surface area contributed by atoms with E-state index in [1.165, 1.54) is 0 Å². The fourth-order valence-corrected chi connectivity index (χ4v) is 2.74. The lowest BCUT2D eigenvalue weighted by molar-refractivity contribution is -0.143. The van der Waals surface area contributed by atoms with Crippen LogP contribution >= 0.6 is 0 Å². The van der Waals surface area contributed by atoms with Gasteiger partial charge in [-0.15, -0.1) is 0 Å². The molecule has 0 radical (unpaired) electrons. The molecule has 4 atom stereocenters. The Balaban J connectivity index is 5.47. The predicted octanol–water partition coefficient (Wildman–Crippen LogP) is -3.90. The van der Waals surface area contributed by atoms with E-state index in [9.17, 15) is 28.8 Å². The first kappa shape index (κ1) is 30.7. The lowest BCUT2D eigenvalue weighted by Gasteiger charge is -2.24. The molecule has 0 rings (SSSR count). The van der Waals surface area contributed by atoms with Gasteiger partial charge in [0.1, 0.15) is 18.1 Å². The highest BCUT2D eigenvalue weighted by molar-refractivity contribution is 5.94. The second kappa shape index (κ2) is 16.3. The van der Waals surface area contributed by atoms with Gasteiger partial charge in [-0.2, -0.15) is 0 Å². The van der Waals surface area contributed by atoms with Crippen molar-refractivity contribution in [2.24, 2.45) is 17.2 Å². The smallest absolute Gasteiger partial charge is 0.328 e. The number of amides is 4. The lowest BCUT2D eigenvalue weighted by atomic mass is 10.1. The molecule has 0 aliphatic carbocycles. The number of unbranched alkanes of at least 4 members (excludes halogenated alkanes) is 1. The number of nitrogens with one attached hydrogen (secondary N) is 3. The van der Waals surface area contributed by atoms with E-state index < -0.39 is 72.8 Å². The third kappa shape index (κ3) is 12.7. The summed E-state index contributed by atoms with van der Waals surface area (Å²) >= 11 is 0. The lowest BCUT2D eigenvalue weighted by Crippen LogP contribution is -2.57. The van der Waals surface area contributed by atoms with E-state index in [1.54, 1.807) is 0 Å². The van der Waals surface area contributed by atoms with Crippen molar-refractivity contribution in [2.75, 3.05) is 13.2 Å². The van der Waals surface area contributed by atoms with E-state index in [0.29, 0.717) is 19.4 Å². The summed E-state index contributed by atoms with van der Waals surface area (Å²) in [6.45, 7) is -0.525. The van der Waals surface area contributed by atoms with Crippen LogP contribution in [0.25, 0.3) is 0 Å². The fraction of sp³-hybridized carbons (Fsp3) is 0.684. The van der Waals surface area contributed by atoms with Gasteiger partial charge >= 0.3 is 11.9 Å². The van der Waals surface area contributed by atoms with Gasteiger partial charge in [0.15, 0.2) is 0 Å². The molecule has 0 aromatic rings. The first-order valence-electron chi connectivity index (χ1n) is 10.6. The Labute approximate surface area is 195 Å². The third-order valence-corrected chi connectivity index (χ3v) is 4.70. The van der Waals surface area contributed by atoms with Crippen LogP contribution in [0.3, 0.4) is 0 Å². The molecular formula is C19H34N6O9. The third-order valence-electron chi connectivity index (χ3n) is 4.70. The minimum absolute atomic E-state index is 0.275. The van der Waals surface area contributed by atoms with Crippen LogP contribution in [0.2, 0.25) is 0 Å². The number of carbonyl (C=O) groups is 6. The van der Waals surface area contributed by atoms with E-state index in [2.05, 4.69) is 10.6 Å². The molecule has 15 nitrogen and oxygen atoms in total. The van der Waals surface area contributed by atoms with Gasteiger partial charge in [-0.05, 0) is 32.2 Å². The SMILES string of the molecule is NCCCCC(N)C(=O)NC(CCC(=O)O)C(=O)NC(CCC(N)=O)C(=O)NC(CO)C(=O)O. The Morgan fingerprint density at radius 2 is 1.24 bits per heavy atom. The van der Waals surface area contributed by atoms with E-state index in [-0.39, 0.29) is 25.7 Å². The van der Waals surface area contributed by atoms with E-state index in [4.69, 9.17) is 32.5 Å². The Hall–Kier alpha value is -3.30. The molecule has 15 heteroatoms. The second-order valence-electron chi connectivity index (χ2n) is 7.53. The summed E-state index contributed by atoms with van der Waals surface area (Å²) in [5.74, 6) is -6.28. The van der Waals surface area contributed by atoms with E-state index in [1.807, 2.05) is 5.32 Å². The summed E-state index contributed by atoms with van der Waals surface area (Å²) in [4.78, 5) is 70.8. The van der Waals surface area contributed by atoms with Gasteiger partial charge in [-0.1, -0.05) is 6.42 Å². The van der Waals surface area contributed by atoms with Crippen LogP contribution in [-0.2, 0) is 28.8 Å². The van der Waals surface area contributed by atoms with Gasteiger partial charge in [0, 0.05) is 12.8 Å². The van der Waals surface area contributed by atoms with Crippen LogP contribution in [0.1, 0.15) is 44.9 Å². The molecule has 0 saturated carbocycles. The average molecular weight is 491 g/mol. The Kier molecular flexibility index (Phi) is 14.7. The summed E-state index contributed by atoms with van der Waals surface area (Å²) < 4.78 is 0. The van der Waals surface area contributed by atoms with E-state index >= 15 is 0 Å². The van der Waals surface area contributed by atoms with Crippen molar-refractivity contribution in [3.63, 3.8) is 0 Å². The van der Waals surface area contributed by atoms with Gasteiger partial charge < -0.3 is 48.5 Å². The van der Waals surface area contributed by atoms with Crippen LogP contribution in [-0.4, -0.2) is 88.2 Å². The zero-order chi connectivity index (χ0) is 26.3. The summed E-state index contributed by atoms with van der Waals surface area (Å²) in [6, 6.07) is -5.51. The van der Waals surface area contributed by atoms with Crippen molar-refractivity contribution in [1.29, 1.82) is 0 Å². The Morgan fingerprint density at radius 3 is 1.68 bits per heavy atom. The Morgan fingerprint density at radius 1 is 0.735 bits per heavy atom. The number of nitrogens with two attached hydrogens (primary N) is 3. The number of hydrogen-bond acceptors (Lipinski definition) is 9. The molecule has 4 amide bonds. The monoisotopic (exact) mass is 490 g/mol. The largest absolute Gasteiger partial charge is 0.481 e. The molecule has 0 spiro atoms. The predicted molar refractivity (Wildman–Crippen MR) is 117 cm³/mol. The zero-order valence-electron chi connectivity index (χ0n) is 18.7. The molecule has 0 bridgehead atoms. The number of carboxylic acid groups (broad SMARTS) is 2. The van der Waals surface area contributed by atoms with E-state index in [0.717, 1.165) is 0 Å². The molecule has 0 aliphatic rings. The highest BCUT2D eigenvalue weighted by Gasteiger charge is 2.30. The first-order valence-corrected chi connectivity index (χ1v) is 10.6. The summed E-state index contributed by atoms with van der Waals surface area (Å²) in [5, 5.41) is 33.6. The number of primary amides is 1. The molecule has 4 unspecified atom stereocenters. The number of aliphatic hydroxyl groups is 1. The van der Waals surface area contributed by atoms with Crippen LogP contribution in [0, 0.1) is 0 Å². The highest BCUT2D eigenvalue weighted by atomic mass is 16.4. The molecule has 34 heavy (non-hydrogen) atoms. The van der Waals surface area contributed by atoms with Crippen LogP contribution in [0.5, 0.6) is 0 Å². The van der Waals surface area contributed by atoms with Crippen molar-refractivity contribution in [1.82, 2.24) is 16.0 Å². The minimum Gasteiger partial charge on any atom is -0.481 e. The molecule has 0 aliphatic heterocycles. The molecule has 0 saturated heterocycles. The van der Waals surface area contributed by atoms with Crippen molar-refractivity contribution in [2.45, 2.75) is 69.1 Å². The van der Waals surface area contributed by atoms with Crippen molar-refractivity contribution < 1.29 is 44.1 Å². The molecule has 12 N–H and O–H groups in total. The average Bonchev–Trinajstić information content (AvgIpc) is 2.76. The number of rotatable bonds is 18. The highest BCUT2D eigenvalue weighted by Crippen LogP contribution is 2.05. The maximum absolute atomic E-state index is 12.8. The number of aliphatic hydroxyl groups excluding tert-OH is 1. The summed E-state index contributed by atoms with van der Waals surface area (Å²) in [7, 11) is 0. The maximum Gasteiger partial charge on any atom is 0.328 e. The van der Waals surface area contributed by atoms with Crippen molar-refractivity contribution in [3.8, 4) is 0 Å². The Bertz CT molecular complexity index is 733. The van der Waals surface area contributed by atoms with Crippen molar-refractivity contribution in [3.05, 3.63) is 0 Å². The molecule has 194 valence electrons. The zero-order valence-corrected chi connectivity index (χ0v) is 18.7. The van der Waals surface area contributed by atoms with Gasteiger partial charge in [0.25, 0.3) is 0 Å². The minimum atomic E-state index is -1.67. The van der Waals surface area contributed by atoms with Gasteiger partial charge in [0.05, 0.1) is 12.6 Å². The number of carbonyl (C=O) groups excluding carboxylic acids is 4. The topological polar surface area (TPSA) is 277 Å². The normalized spacial score (nSPS) is 14.2. The standard InChI is InChI=1S/C19H34N6O9/c20-8-2-1-3-10(21)16(30)23-12(5-7-15(28)29)17(31)24-11(4-6-14(22)27)18(32)25-13(9-26)19(33)34/h10-13,26H,1-9,20-21H2,(H2,22,27)(H,23,30)(H,24,31)(H,25,32)(H,28,29)(H,33,34).